The third-order valence-electron chi connectivity index (χ3n) is 6.13. The van der Waals surface area contributed by atoms with Gasteiger partial charge in [0.2, 0.25) is 5.91 Å². The van der Waals surface area contributed by atoms with Gasteiger partial charge in [0.15, 0.2) is 11.5 Å². The zero-order valence-electron chi connectivity index (χ0n) is 22.6. The van der Waals surface area contributed by atoms with Crippen molar-refractivity contribution in [3.63, 3.8) is 0 Å². The Hall–Kier alpha value is -3.35. The molecule has 1 N–H and O–H groups in total. The van der Waals surface area contributed by atoms with Crippen molar-refractivity contribution in [3.8, 4) is 17.2 Å². The van der Waals surface area contributed by atoms with Crippen LogP contribution in [0.4, 0.5) is 0 Å². The summed E-state index contributed by atoms with van der Waals surface area (Å²) in [5, 5.41) is 4.04. The van der Waals surface area contributed by atoms with E-state index in [-0.39, 0.29) is 5.91 Å². The standard InChI is InChI=1S/C30H42N2O5/c1-4-5-6-7-8-9-10-11-12-13-14-15-29(33)32-31-23-24-16-21-27(28(22-24)36-3)37-30(34)25-17-19-26(35-2)20-18-25/h16-23H,4-15H2,1-3H3,(H,32,33)/b31-23+. The second-order valence-corrected chi connectivity index (χ2v) is 9.11. The number of nitrogens with zero attached hydrogens (tertiary/aromatic N) is 1. The number of esters is 1. The normalized spacial score (nSPS) is 10.9. The molecule has 0 saturated heterocycles. The van der Waals surface area contributed by atoms with Gasteiger partial charge in [-0.25, -0.2) is 10.2 Å². The number of benzene rings is 2. The van der Waals surface area contributed by atoms with Crippen LogP contribution in [0.15, 0.2) is 47.6 Å². The molecule has 0 aliphatic rings. The van der Waals surface area contributed by atoms with Gasteiger partial charge in [0.05, 0.1) is 26.0 Å². The molecule has 0 saturated carbocycles. The Morgan fingerprint density at radius 1 is 0.784 bits per heavy atom. The highest BCUT2D eigenvalue weighted by Gasteiger charge is 2.13. The molecule has 0 unspecified atom stereocenters. The smallest absolute Gasteiger partial charge is 0.343 e. The van der Waals surface area contributed by atoms with Crippen LogP contribution in [0, 0.1) is 0 Å². The van der Waals surface area contributed by atoms with Crippen molar-refractivity contribution < 1.29 is 23.8 Å². The van der Waals surface area contributed by atoms with Gasteiger partial charge in [-0.05, 0) is 54.4 Å². The molecule has 0 spiro atoms. The summed E-state index contributed by atoms with van der Waals surface area (Å²) in [6.45, 7) is 2.25. The van der Waals surface area contributed by atoms with E-state index in [0.29, 0.717) is 34.8 Å². The van der Waals surface area contributed by atoms with E-state index in [1.54, 1.807) is 49.6 Å². The van der Waals surface area contributed by atoms with Gasteiger partial charge in [0, 0.05) is 6.42 Å². The van der Waals surface area contributed by atoms with Crippen LogP contribution >= 0.6 is 0 Å². The van der Waals surface area contributed by atoms with Crippen molar-refractivity contribution in [3.05, 3.63) is 53.6 Å². The Morgan fingerprint density at radius 2 is 1.41 bits per heavy atom. The Kier molecular flexibility index (Phi) is 14.5. The van der Waals surface area contributed by atoms with Crippen molar-refractivity contribution >= 4 is 18.1 Å². The van der Waals surface area contributed by atoms with Crippen LogP contribution in [0.1, 0.15) is 99.9 Å². The summed E-state index contributed by atoms with van der Waals surface area (Å²) in [4.78, 5) is 24.5. The van der Waals surface area contributed by atoms with E-state index in [1.165, 1.54) is 71.1 Å². The topological polar surface area (TPSA) is 86.2 Å². The molecule has 1 amide bonds. The van der Waals surface area contributed by atoms with Crippen LogP contribution in [0.3, 0.4) is 0 Å². The number of nitrogens with one attached hydrogen (secondary N) is 1. The molecular weight excluding hydrogens is 468 g/mol. The van der Waals surface area contributed by atoms with Gasteiger partial charge in [0.1, 0.15) is 5.75 Å². The average molecular weight is 511 g/mol. The van der Waals surface area contributed by atoms with Crippen LogP contribution < -0.4 is 19.6 Å². The summed E-state index contributed by atoms with van der Waals surface area (Å²) in [7, 11) is 3.06. The van der Waals surface area contributed by atoms with Crippen LogP contribution in [0.2, 0.25) is 0 Å². The summed E-state index contributed by atoms with van der Waals surface area (Å²) in [6, 6.07) is 11.7. The molecule has 0 heterocycles. The number of hydrazone groups is 1. The van der Waals surface area contributed by atoms with E-state index in [0.717, 1.165) is 12.8 Å². The molecule has 202 valence electrons. The number of carbonyl (C=O) groups excluding carboxylic acids is 2. The van der Waals surface area contributed by atoms with E-state index in [9.17, 15) is 9.59 Å². The number of unbranched alkanes of at least 4 members (excludes halogenated alkanes) is 10. The fraction of sp³-hybridized carbons (Fsp3) is 0.500. The number of rotatable bonds is 18. The third-order valence-corrected chi connectivity index (χ3v) is 6.13. The maximum Gasteiger partial charge on any atom is 0.343 e. The predicted molar refractivity (Wildman–Crippen MR) is 148 cm³/mol. The SMILES string of the molecule is CCCCCCCCCCCCCC(=O)N/N=C/c1ccc(OC(=O)c2ccc(OC)cc2)c(OC)c1. The fourth-order valence-electron chi connectivity index (χ4n) is 3.92. The summed E-state index contributed by atoms with van der Waals surface area (Å²) in [5.74, 6) is 0.740. The Morgan fingerprint density at radius 3 is 2.00 bits per heavy atom. The zero-order chi connectivity index (χ0) is 26.7. The number of amides is 1. The maximum atomic E-state index is 12.4. The highest BCUT2D eigenvalue weighted by Crippen LogP contribution is 2.28. The van der Waals surface area contributed by atoms with Gasteiger partial charge in [0.25, 0.3) is 0 Å². The Labute approximate surface area is 221 Å². The molecule has 2 aromatic carbocycles. The molecule has 0 aliphatic carbocycles. The lowest BCUT2D eigenvalue weighted by atomic mass is 10.1. The number of carbonyl (C=O) groups is 2. The minimum absolute atomic E-state index is 0.0934. The van der Waals surface area contributed by atoms with Gasteiger partial charge >= 0.3 is 5.97 Å². The first-order valence-electron chi connectivity index (χ1n) is 13.4. The number of hydrogen-bond acceptors (Lipinski definition) is 6. The van der Waals surface area contributed by atoms with Crippen molar-refractivity contribution in [1.82, 2.24) is 5.43 Å². The molecule has 0 atom stereocenters. The second-order valence-electron chi connectivity index (χ2n) is 9.11. The lowest BCUT2D eigenvalue weighted by Crippen LogP contribution is -2.16. The first-order chi connectivity index (χ1) is 18.1. The van der Waals surface area contributed by atoms with Crippen LogP contribution in [0.5, 0.6) is 17.2 Å². The summed E-state index contributed by atoms with van der Waals surface area (Å²) in [5.41, 5.74) is 3.68. The van der Waals surface area contributed by atoms with Crippen LogP contribution in [0.25, 0.3) is 0 Å². The second kappa shape index (κ2) is 18.0. The molecule has 0 bridgehead atoms. The Bertz CT molecular complexity index is 972. The van der Waals surface area contributed by atoms with Crippen LogP contribution in [-0.2, 0) is 4.79 Å². The van der Waals surface area contributed by atoms with Crippen molar-refractivity contribution in [1.29, 1.82) is 0 Å². The zero-order valence-corrected chi connectivity index (χ0v) is 22.6. The molecule has 7 nitrogen and oxygen atoms in total. The number of ether oxygens (including phenoxy) is 3. The van der Waals surface area contributed by atoms with Gasteiger partial charge in [-0.2, -0.15) is 5.10 Å². The molecule has 0 fully saturated rings. The fourth-order valence-corrected chi connectivity index (χ4v) is 3.92. The lowest BCUT2D eigenvalue weighted by Gasteiger charge is -2.10. The predicted octanol–water partition coefficient (Wildman–Crippen LogP) is 7.07. The van der Waals surface area contributed by atoms with E-state index in [4.69, 9.17) is 14.2 Å². The van der Waals surface area contributed by atoms with Gasteiger partial charge in [-0.1, -0.05) is 71.1 Å². The summed E-state index contributed by atoms with van der Waals surface area (Å²) in [6.07, 6.45) is 15.8. The molecule has 0 aliphatic heterocycles. The van der Waals surface area contributed by atoms with Gasteiger partial charge < -0.3 is 14.2 Å². The minimum atomic E-state index is -0.503. The quantitative estimate of drug-likeness (QED) is 0.0762. The molecule has 7 heteroatoms. The average Bonchev–Trinajstić information content (AvgIpc) is 2.92. The monoisotopic (exact) mass is 510 g/mol. The highest BCUT2D eigenvalue weighted by molar-refractivity contribution is 5.91. The first-order valence-corrected chi connectivity index (χ1v) is 13.4. The largest absolute Gasteiger partial charge is 0.497 e. The van der Waals surface area contributed by atoms with Crippen molar-refractivity contribution in [2.24, 2.45) is 5.10 Å². The van der Waals surface area contributed by atoms with Crippen LogP contribution in [-0.4, -0.2) is 32.3 Å². The van der Waals surface area contributed by atoms with E-state index < -0.39 is 5.97 Å². The molecular formula is C30H42N2O5. The molecule has 2 rings (SSSR count). The molecule has 2 aromatic rings. The molecule has 0 aromatic heterocycles. The van der Waals surface area contributed by atoms with Gasteiger partial charge in [-0.3, -0.25) is 4.79 Å². The van der Waals surface area contributed by atoms with E-state index in [1.807, 2.05) is 0 Å². The molecule has 0 radical (unpaired) electrons. The van der Waals surface area contributed by atoms with Gasteiger partial charge in [-0.15, -0.1) is 0 Å². The summed E-state index contributed by atoms with van der Waals surface area (Å²) >= 11 is 0. The number of methoxy groups -OCH3 is 2. The Balaban J connectivity index is 1.68. The van der Waals surface area contributed by atoms with E-state index in [2.05, 4.69) is 17.5 Å². The van der Waals surface area contributed by atoms with Crippen molar-refractivity contribution in [2.45, 2.75) is 84.0 Å². The minimum Gasteiger partial charge on any atom is -0.497 e. The highest BCUT2D eigenvalue weighted by atomic mass is 16.6. The molecule has 37 heavy (non-hydrogen) atoms. The third kappa shape index (κ3) is 12.0. The first kappa shape index (κ1) is 29.9. The van der Waals surface area contributed by atoms with Crippen molar-refractivity contribution in [2.75, 3.05) is 14.2 Å². The lowest BCUT2D eigenvalue weighted by molar-refractivity contribution is -0.121. The maximum absolute atomic E-state index is 12.4. The van der Waals surface area contributed by atoms with E-state index >= 15 is 0 Å². The summed E-state index contributed by atoms with van der Waals surface area (Å²) < 4.78 is 15.9. The number of hydrogen-bond donors (Lipinski definition) is 1.